The molecule has 1 aromatic carbocycles. The third kappa shape index (κ3) is 3.44. The molecule has 0 aromatic heterocycles. The molecule has 0 saturated carbocycles. The van der Waals surface area contributed by atoms with E-state index >= 15 is 0 Å². The molecule has 1 amide bonds. The Kier molecular flexibility index (Phi) is 5.14. The maximum atomic E-state index is 12.1. The highest BCUT2D eigenvalue weighted by atomic mass is 16.5. The smallest absolute Gasteiger partial charge is 0.338 e. The molecule has 1 aliphatic rings. The number of anilines is 1. The molecule has 1 unspecified atom stereocenters. The highest BCUT2D eigenvalue weighted by Crippen LogP contribution is 2.26. The van der Waals surface area contributed by atoms with Gasteiger partial charge in [0.25, 0.3) is 0 Å². The Morgan fingerprint density at radius 3 is 2.64 bits per heavy atom. The van der Waals surface area contributed by atoms with E-state index in [0.717, 1.165) is 0 Å². The van der Waals surface area contributed by atoms with Crippen LogP contribution in [0.1, 0.15) is 30.6 Å². The van der Waals surface area contributed by atoms with Crippen LogP contribution in [0.4, 0.5) is 5.69 Å². The minimum atomic E-state index is -0.460. The topological polar surface area (TPSA) is 72.9 Å². The van der Waals surface area contributed by atoms with Crippen molar-refractivity contribution in [3.05, 3.63) is 29.8 Å². The van der Waals surface area contributed by atoms with E-state index in [-0.39, 0.29) is 31.4 Å². The van der Waals surface area contributed by atoms with Gasteiger partial charge < -0.3 is 14.4 Å². The Balaban J connectivity index is 2.15. The number of hydrogen-bond acceptors (Lipinski definition) is 5. The van der Waals surface area contributed by atoms with Crippen LogP contribution in [-0.4, -0.2) is 37.6 Å². The number of carbonyl (C=O) groups excluding carboxylic acids is 3. The molecule has 1 saturated heterocycles. The van der Waals surface area contributed by atoms with Crippen LogP contribution in [0.25, 0.3) is 0 Å². The number of rotatable bonds is 5. The monoisotopic (exact) mass is 305 g/mol. The molecule has 6 heteroatoms. The summed E-state index contributed by atoms with van der Waals surface area (Å²) in [4.78, 5) is 37.1. The van der Waals surface area contributed by atoms with E-state index in [0.29, 0.717) is 17.9 Å². The molecule has 0 spiro atoms. The van der Waals surface area contributed by atoms with Crippen LogP contribution < -0.4 is 4.90 Å². The number of nitrogens with zero attached hydrogens (tertiary/aromatic N) is 1. The van der Waals surface area contributed by atoms with Gasteiger partial charge in [0, 0.05) is 18.7 Å². The summed E-state index contributed by atoms with van der Waals surface area (Å²) >= 11 is 0. The first-order valence-corrected chi connectivity index (χ1v) is 7.31. The van der Waals surface area contributed by atoms with Crippen LogP contribution in [-0.2, 0) is 19.1 Å². The molecule has 0 radical (unpaired) electrons. The lowest BCUT2D eigenvalue weighted by atomic mass is 10.1. The summed E-state index contributed by atoms with van der Waals surface area (Å²) in [6.07, 6.45) is 0.127. The SMILES string of the molecule is CCOC(=O)c1cccc(N2CC(C(=O)OCC)CC2=O)c1. The molecule has 0 N–H and O–H groups in total. The quantitative estimate of drug-likeness (QED) is 0.775. The van der Waals surface area contributed by atoms with E-state index < -0.39 is 11.9 Å². The van der Waals surface area contributed by atoms with E-state index in [1.54, 1.807) is 38.1 Å². The van der Waals surface area contributed by atoms with Crippen molar-refractivity contribution in [1.82, 2.24) is 0 Å². The highest BCUT2D eigenvalue weighted by molar-refractivity contribution is 6.00. The number of esters is 2. The molecule has 1 fully saturated rings. The van der Waals surface area contributed by atoms with Crippen molar-refractivity contribution in [2.75, 3.05) is 24.7 Å². The summed E-state index contributed by atoms with van der Waals surface area (Å²) < 4.78 is 9.91. The normalized spacial score (nSPS) is 17.5. The minimum Gasteiger partial charge on any atom is -0.466 e. The molecule has 22 heavy (non-hydrogen) atoms. The van der Waals surface area contributed by atoms with Gasteiger partial charge in [-0.2, -0.15) is 0 Å². The van der Waals surface area contributed by atoms with Crippen molar-refractivity contribution in [3.63, 3.8) is 0 Å². The molecule has 2 rings (SSSR count). The predicted molar refractivity (Wildman–Crippen MR) is 79.5 cm³/mol. The van der Waals surface area contributed by atoms with Crippen LogP contribution in [0.5, 0.6) is 0 Å². The number of amides is 1. The van der Waals surface area contributed by atoms with Gasteiger partial charge >= 0.3 is 11.9 Å². The number of benzene rings is 1. The fourth-order valence-corrected chi connectivity index (χ4v) is 2.39. The van der Waals surface area contributed by atoms with Gasteiger partial charge in [-0.15, -0.1) is 0 Å². The Morgan fingerprint density at radius 2 is 1.95 bits per heavy atom. The summed E-state index contributed by atoms with van der Waals surface area (Å²) in [6.45, 7) is 4.31. The second-order valence-corrected chi connectivity index (χ2v) is 4.93. The fraction of sp³-hybridized carbons (Fsp3) is 0.438. The van der Waals surface area contributed by atoms with Gasteiger partial charge in [-0.25, -0.2) is 4.79 Å². The first-order valence-electron chi connectivity index (χ1n) is 7.31. The first-order chi connectivity index (χ1) is 10.6. The predicted octanol–water partition coefficient (Wildman–Crippen LogP) is 1.78. The van der Waals surface area contributed by atoms with Crippen LogP contribution in [0.15, 0.2) is 24.3 Å². The molecule has 0 aliphatic carbocycles. The van der Waals surface area contributed by atoms with Crippen molar-refractivity contribution < 1.29 is 23.9 Å². The van der Waals surface area contributed by atoms with Gasteiger partial charge in [-0.1, -0.05) is 6.07 Å². The number of carbonyl (C=O) groups is 3. The molecule has 0 bridgehead atoms. The molecular formula is C16H19NO5. The Labute approximate surface area is 129 Å². The van der Waals surface area contributed by atoms with Crippen molar-refractivity contribution >= 4 is 23.5 Å². The van der Waals surface area contributed by atoms with Crippen LogP contribution in [0.2, 0.25) is 0 Å². The molecule has 118 valence electrons. The molecule has 1 aliphatic heterocycles. The van der Waals surface area contributed by atoms with Crippen LogP contribution >= 0.6 is 0 Å². The van der Waals surface area contributed by atoms with Crippen LogP contribution in [0.3, 0.4) is 0 Å². The van der Waals surface area contributed by atoms with E-state index in [1.165, 1.54) is 4.90 Å². The zero-order valence-electron chi connectivity index (χ0n) is 12.7. The maximum Gasteiger partial charge on any atom is 0.338 e. The zero-order valence-corrected chi connectivity index (χ0v) is 12.7. The van der Waals surface area contributed by atoms with E-state index in [9.17, 15) is 14.4 Å². The van der Waals surface area contributed by atoms with Crippen molar-refractivity contribution in [2.24, 2.45) is 5.92 Å². The Morgan fingerprint density at radius 1 is 1.23 bits per heavy atom. The van der Waals surface area contributed by atoms with Gasteiger partial charge in [0.1, 0.15) is 0 Å². The van der Waals surface area contributed by atoms with E-state index in [1.807, 2.05) is 0 Å². The summed E-state index contributed by atoms with van der Waals surface area (Å²) in [7, 11) is 0. The molecular weight excluding hydrogens is 286 g/mol. The number of ether oxygens (including phenoxy) is 2. The third-order valence-corrected chi connectivity index (χ3v) is 3.41. The standard InChI is InChI=1S/C16H19NO5/c1-3-21-15(19)11-6-5-7-13(8-11)17-10-12(9-14(17)18)16(20)22-4-2/h5-8,12H,3-4,9-10H2,1-2H3. The second kappa shape index (κ2) is 7.06. The summed E-state index contributed by atoms with van der Waals surface area (Å²) in [5, 5.41) is 0. The summed E-state index contributed by atoms with van der Waals surface area (Å²) in [5.74, 6) is -1.41. The molecule has 6 nitrogen and oxygen atoms in total. The minimum absolute atomic E-state index is 0.127. The van der Waals surface area contributed by atoms with Crippen LogP contribution in [0, 0.1) is 5.92 Å². The Bertz CT molecular complexity index is 584. The Hall–Kier alpha value is -2.37. The summed E-state index contributed by atoms with van der Waals surface area (Å²) in [5.41, 5.74) is 0.967. The third-order valence-electron chi connectivity index (χ3n) is 3.41. The van der Waals surface area contributed by atoms with Gasteiger partial charge in [-0.05, 0) is 32.0 Å². The van der Waals surface area contributed by atoms with Crippen molar-refractivity contribution in [3.8, 4) is 0 Å². The lowest BCUT2D eigenvalue weighted by Gasteiger charge is -2.17. The van der Waals surface area contributed by atoms with Crippen molar-refractivity contribution in [1.29, 1.82) is 0 Å². The van der Waals surface area contributed by atoms with Gasteiger partial charge in [0.15, 0.2) is 0 Å². The van der Waals surface area contributed by atoms with E-state index in [2.05, 4.69) is 0 Å². The van der Waals surface area contributed by atoms with Gasteiger partial charge in [0.05, 0.1) is 24.7 Å². The van der Waals surface area contributed by atoms with Gasteiger partial charge in [-0.3, -0.25) is 9.59 Å². The number of hydrogen-bond donors (Lipinski definition) is 0. The molecule has 1 heterocycles. The lowest BCUT2D eigenvalue weighted by molar-refractivity contribution is -0.147. The lowest BCUT2D eigenvalue weighted by Crippen LogP contribution is -2.26. The highest BCUT2D eigenvalue weighted by Gasteiger charge is 2.36. The maximum absolute atomic E-state index is 12.1. The average molecular weight is 305 g/mol. The average Bonchev–Trinajstić information content (AvgIpc) is 2.90. The van der Waals surface area contributed by atoms with E-state index in [4.69, 9.17) is 9.47 Å². The molecule has 1 aromatic rings. The molecule has 1 atom stereocenters. The largest absolute Gasteiger partial charge is 0.466 e. The van der Waals surface area contributed by atoms with Gasteiger partial charge in [0.2, 0.25) is 5.91 Å². The van der Waals surface area contributed by atoms with Crippen molar-refractivity contribution in [2.45, 2.75) is 20.3 Å². The first kappa shape index (κ1) is 16.0. The fourth-order valence-electron chi connectivity index (χ4n) is 2.39. The summed E-state index contributed by atoms with van der Waals surface area (Å²) in [6, 6.07) is 6.65. The zero-order chi connectivity index (χ0) is 16.1. The second-order valence-electron chi connectivity index (χ2n) is 4.93.